The number of carbonyl (C=O) groups excluding carboxylic acids is 1. The van der Waals surface area contributed by atoms with Gasteiger partial charge in [0.05, 0.1) is 12.0 Å². The highest BCUT2D eigenvalue weighted by atomic mass is 32.2. The molecule has 100 valence electrons. The summed E-state index contributed by atoms with van der Waals surface area (Å²) in [7, 11) is 0. The highest BCUT2D eigenvalue weighted by molar-refractivity contribution is 7.99. The molecule has 3 unspecified atom stereocenters. The number of amides is 2. The molecule has 1 aliphatic carbocycles. The Kier molecular flexibility index (Phi) is 4.52. The average Bonchev–Trinajstić information content (AvgIpc) is 2.96. The van der Waals surface area contributed by atoms with Gasteiger partial charge in [0.25, 0.3) is 0 Å². The molecule has 0 bridgehead atoms. The minimum atomic E-state index is -0.834. The molecular formula is C12H18N2O3S. The fourth-order valence-electron chi connectivity index (χ4n) is 2.19. The highest BCUT2D eigenvalue weighted by Crippen LogP contribution is 2.22. The van der Waals surface area contributed by atoms with Gasteiger partial charge >= 0.3 is 12.0 Å². The lowest BCUT2D eigenvalue weighted by Crippen LogP contribution is -2.42. The Balaban J connectivity index is 1.65. The van der Waals surface area contributed by atoms with E-state index in [1.165, 1.54) is 5.75 Å². The molecule has 0 aromatic carbocycles. The second-order valence-electron chi connectivity index (χ2n) is 4.76. The molecule has 6 heteroatoms. The van der Waals surface area contributed by atoms with Gasteiger partial charge in [-0.15, -0.1) is 0 Å². The van der Waals surface area contributed by atoms with Crippen LogP contribution in [0.1, 0.15) is 12.8 Å². The summed E-state index contributed by atoms with van der Waals surface area (Å²) in [5.74, 6) is 1.57. The van der Waals surface area contributed by atoms with Crippen LogP contribution in [-0.2, 0) is 4.79 Å². The van der Waals surface area contributed by atoms with Gasteiger partial charge in [-0.05, 0) is 30.3 Å². The van der Waals surface area contributed by atoms with Crippen molar-refractivity contribution in [2.24, 2.45) is 11.8 Å². The van der Waals surface area contributed by atoms with Gasteiger partial charge in [0.1, 0.15) is 0 Å². The maximum Gasteiger partial charge on any atom is 0.315 e. The first kappa shape index (κ1) is 13.3. The molecule has 18 heavy (non-hydrogen) atoms. The molecule has 1 fully saturated rings. The van der Waals surface area contributed by atoms with Crippen LogP contribution in [0.3, 0.4) is 0 Å². The van der Waals surface area contributed by atoms with Gasteiger partial charge < -0.3 is 15.7 Å². The summed E-state index contributed by atoms with van der Waals surface area (Å²) >= 11 is 1.92. The van der Waals surface area contributed by atoms with Crippen molar-refractivity contribution in [3.63, 3.8) is 0 Å². The van der Waals surface area contributed by atoms with Gasteiger partial charge in [0.15, 0.2) is 0 Å². The maximum absolute atomic E-state index is 11.6. The van der Waals surface area contributed by atoms with Crippen LogP contribution in [0, 0.1) is 11.8 Å². The molecule has 2 rings (SSSR count). The van der Waals surface area contributed by atoms with Gasteiger partial charge in [-0.2, -0.15) is 11.8 Å². The Labute approximate surface area is 110 Å². The molecule has 1 aliphatic heterocycles. The number of urea groups is 1. The van der Waals surface area contributed by atoms with E-state index in [1.54, 1.807) is 12.2 Å². The monoisotopic (exact) mass is 270 g/mol. The van der Waals surface area contributed by atoms with Crippen molar-refractivity contribution in [2.75, 3.05) is 18.1 Å². The van der Waals surface area contributed by atoms with Crippen LogP contribution in [0.2, 0.25) is 0 Å². The van der Waals surface area contributed by atoms with Crippen LogP contribution in [0.25, 0.3) is 0 Å². The molecule has 2 amide bonds. The second-order valence-corrected chi connectivity index (χ2v) is 5.91. The van der Waals surface area contributed by atoms with Crippen molar-refractivity contribution in [3.05, 3.63) is 12.2 Å². The zero-order valence-electron chi connectivity index (χ0n) is 10.1. The van der Waals surface area contributed by atoms with Crippen molar-refractivity contribution < 1.29 is 14.7 Å². The first-order valence-electron chi connectivity index (χ1n) is 6.18. The van der Waals surface area contributed by atoms with Crippen LogP contribution < -0.4 is 10.6 Å². The second kappa shape index (κ2) is 6.13. The van der Waals surface area contributed by atoms with Crippen molar-refractivity contribution in [1.82, 2.24) is 10.6 Å². The fraction of sp³-hybridized carbons (Fsp3) is 0.667. The quantitative estimate of drug-likeness (QED) is 0.668. The van der Waals surface area contributed by atoms with Gasteiger partial charge in [-0.3, -0.25) is 4.79 Å². The molecule has 1 heterocycles. The summed E-state index contributed by atoms with van der Waals surface area (Å²) in [5, 5.41) is 14.5. The largest absolute Gasteiger partial charge is 0.481 e. The van der Waals surface area contributed by atoms with Crippen LogP contribution >= 0.6 is 11.8 Å². The van der Waals surface area contributed by atoms with E-state index in [0.29, 0.717) is 18.9 Å². The van der Waals surface area contributed by atoms with Gasteiger partial charge in [0.2, 0.25) is 0 Å². The number of hydrogen-bond donors (Lipinski definition) is 3. The van der Waals surface area contributed by atoms with Gasteiger partial charge in [0, 0.05) is 6.54 Å². The predicted molar refractivity (Wildman–Crippen MR) is 70.6 cm³/mol. The van der Waals surface area contributed by atoms with E-state index in [9.17, 15) is 9.59 Å². The van der Waals surface area contributed by atoms with Crippen molar-refractivity contribution in [2.45, 2.75) is 18.9 Å². The summed E-state index contributed by atoms with van der Waals surface area (Å²) in [4.78, 5) is 22.4. The number of thioether (sulfide) groups is 1. The van der Waals surface area contributed by atoms with Crippen molar-refractivity contribution in [3.8, 4) is 0 Å². The third-order valence-corrected chi connectivity index (χ3v) is 4.52. The molecule has 0 radical (unpaired) electrons. The van der Waals surface area contributed by atoms with E-state index in [0.717, 1.165) is 12.2 Å². The smallest absolute Gasteiger partial charge is 0.315 e. The summed E-state index contributed by atoms with van der Waals surface area (Å²) in [6.45, 7) is 0.706. The van der Waals surface area contributed by atoms with Crippen molar-refractivity contribution >= 4 is 23.8 Å². The highest BCUT2D eigenvalue weighted by Gasteiger charge is 2.25. The number of rotatable bonds is 4. The Morgan fingerprint density at radius 2 is 2.22 bits per heavy atom. The molecule has 5 nitrogen and oxygen atoms in total. The molecule has 0 aromatic heterocycles. The molecule has 0 saturated carbocycles. The van der Waals surface area contributed by atoms with Crippen LogP contribution in [-0.4, -0.2) is 41.2 Å². The lowest BCUT2D eigenvalue weighted by Gasteiger charge is -2.15. The van der Waals surface area contributed by atoms with Gasteiger partial charge in [-0.25, -0.2) is 4.79 Å². The zero-order chi connectivity index (χ0) is 13.0. The topological polar surface area (TPSA) is 78.4 Å². The molecule has 1 saturated heterocycles. The van der Waals surface area contributed by atoms with Gasteiger partial charge in [-0.1, -0.05) is 12.2 Å². The Morgan fingerprint density at radius 3 is 2.83 bits per heavy atom. The molecule has 2 aliphatic rings. The van der Waals surface area contributed by atoms with E-state index in [4.69, 9.17) is 5.11 Å². The molecule has 0 spiro atoms. The SMILES string of the molecule is O=C(NCC1CCSC1)NC1C=CC(C(=O)O)C1. The number of carboxylic acids is 1. The number of aliphatic carboxylic acids is 1. The number of hydrogen-bond acceptors (Lipinski definition) is 3. The minimum absolute atomic E-state index is 0.163. The lowest BCUT2D eigenvalue weighted by atomic mass is 10.1. The predicted octanol–water partition coefficient (Wildman–Crippen LogP) is 1.07. The van der Waals surface area contributed by atoms with E-state index in [1.807, 2.05) is 11.8 Å². The first-order valence-corrected chi connectivity index (χ1v) is 7.34. The summed E-state index contributed by atoms with van der Waals surface area (Å²) in [6.07, 6.45) is 5.00. The average molecular weight is 270 g/mol. The summed E-state index contributed by atoms with van der Waals surface area (Å²) < 4.78 is 0. The third-order valence-electron chi connectivity index (χ3n) is 3.29. The number of carbonyl (C=O) groups is 2. The fourth-order valence-corrected chi connectivity index (χ4v) is 3.47. The Morgan fingerprint density at radius 1 is 1.39 bits per heavy atom. The molecular weight excluding hydrogens is 252 g/mol. The third kappa shape index (κ3) is 3.66. The van der Waals surface area contributed by atoms with E-state index in [2.05, 4.69) is 10.6 Å². The molecule has 0 aromatic rings. The molecule has 3 atom stereocenters. The standard InChI is InChI=1S/C12H18N2O3S/c15-11(16)9-1-2-10(5-9)14-12(17)13-6-8-3-4-18-7-8/h1-2,8-10H,3-7H2,(H,15,16)(H2,13,14,17). The van der Waals surface area contributed by atoms with Crippen molar-refractivity contribution in [1.29, 1.82) is 0 Å². The zero-order valence-corrected chi connectivity index (χ0v) is 10.9. The first-order chi connectivity index (χ1) is 8.65. The molecule has 3 N–H and O–H groups in total. The van der Waals surface area contributed by atoms with Crippen LogP contribution in [0.5, 0.6) is 0 Å². The number of carboxylic acid groups (broad SMARTS) is 1. The summed E-state index contributed by atoms with van der Waals surface area (Å²) in [5.41, 5.74) is 0. The minimum Gasteiger partial charge on any atom is -0.481 e. The van der Waals surface area contributed by atoms with E-state index >= 15 is 0 Å². The van der Waals surface area contributed by atoms with E-state index < -0.39 is 11.9 Å². The van der Waals surface area contributed by atoms with E-state index in [-0.39, 0.29) is 12.1 Å². The summed E-state index contributed by atoms with van der Waals surface area (Å²) in [6, 6.07) is -0.364. The maximum atomic E-state index is 11.6. The Bertz CT molecular complexity index is 353. The van der Waals surface area contributed by atoms with Crippen LogP contribution in [0.15, 0.2) is 12.2 Å². The Hall–Kier alpha value is -1.17. The number of nitrogens with one attached hydrogen (secondary N) is 2. The lowest BCUT2D eigenvalue weighted by molar-refractivity contribution is -0.140. The van der Waals surface area contributed by atoms with Crippen LogP contribution in [0.4, 0.5) is 4.79 Å². The normalized spacial score (nSPS) is 30.3.